The van der Waals surface area contributed by atoms with E-state index in [0.717, 1.165) is 0 Å². The summed E-state index contributed by atoms with van der Waals surface area (Å²) in [6.07, 6.45) is 0. The van der Waals surface area contributed by atoms with Crippen LogP contribution < -0.4 is 0 Å². The highest BCUT2D eigenvalue weighted by atomic mass is 14.3. The molecule has 0 aromatic heterocycles. The molecule has 3 aromatic carbocycles. The molecular weight excluding hydrogens is 360 g/mol. The maximum absolute atomic E-state index is 2.48. The first kappa shape index (κ1) is 20.9. The molecule has 4 rings (SSSR count). The van der Waals surface area contributed by atoms with E-state index in [4.69, 9.17) is 0 Å². The zero-order chi connectivity index (χ0) is 22.1. The van der Waals surface area contributed by atoms with Crippen LogP contribution in [0.15, 0.2) is 54.6 Å². The molecular formula is C30H36. The molecule has 0 amide bonds. The lowest BCUT2D eigenvalue weighted by atomic mass is 9.70. The summed E-state index contributed by atoms with van der Waals surface area (Å²) in [4.78, 5) is 0. The largest absolute Gasteiger partial charge is 0.0616 e. The highest BCUT2D eigenvalue weighted by Gasteiger charge is 2.30. The normalized spacial score (nSPS) is 13.5. The lowest BCUT2D eigenvalue weighted by Gasteiger charge is -2.34. The quantitative estimate of drug-likeness (QED) is 0.304. The van der Waals surface area contributed by atoms with Crippen LogP contribution in [0.3, 0.4) is 0 Å². The van der Waals surface area contributed by atoms with Crippen molar-refractivity contribution < 1.29 is 0 Å². The van der Waals surface area contributed by atoms with Crippen molar-refractivity contribution >= 4 is 0 Å². The summed E-state index contributed by atoms with van der Waals surface area (Å²) in [5.74, 6) is 0. The molecule has 0 heteroatoms. The molecule has 156 valence electrons. The van der Waals surface area contributed by atoms with Gasteiger partial charge in [-0.15, -0.1) is 0 Å². The first-order valence-corrected chi connectivity index (χ1v) is 11.2. The molecule has 0 saturated carbocycles. The summed E-state index contributed by atoms with van der Waals surface area (Å²) >= 11 is 0. The molecule has 0 aliphatic heterocycles. The Kier molecular flexibility index (Phi) is 4.59. The van der Waals surface area contributed by atoms with Gasteiger partial charge in [0.1, 0.15) is 0 Å². The molecule has 1 aliphatic rings. The summed E-state index contributed by atoms with van der Waals surface area (Å²) in [5, 5.41) is 5.59. The second-order valence-corrected chi connectivity index (χ2v) is 12.0. The molecule has 0 atom stereocenters. The van der Waals surface area contributed by atoms with Crippen molar-refractivity contribution in [2.75, 3.05) is 0 Å². The van der Waals surface area contributed by atoms with Crippen LogP contribution in [0.5, 0.6) is 0 Å². The Morgan fingerprint density at radius 2 is 1.00 bits per heavy atom. The van der Waals surface area contributed by atoms with Gasteiger partial charge < -0.3 is 0 Å². The highest BCUT2D eigenvalue weighted by molar-refractivity contribution is 5.76. The number of benzene rings is 3. The fourth-order valence-corrected chi connectivity index (χ4v) is 4.70. The molecule has 30 heavy (non-hydrogen) atoms. The minimum absolute atomic E-state index is 0.0581. The zero-order valence-electron chi connectivity index (χ0n) is 20.2. The SMILES string of the molecule is CC(C)(C)c1cc(C(C)(C)C)c(-c2cccc3c2=c2ccccc2=3)c(C(C)(C)C)c1. The fraction of sp³-hybridized carbons (Fsp3) is 0.400. The predicted molar refractivity (Wildman–Crippen MR) is 130 cm³/mol. The average molecular weight is 397 g/mol. The van der Waals surface area contributed by atoms with Gasteiger partial charge in [0.2, 0.25) is 0 Å². The molecule has 0 N–H and O–H groups in total. The van der Waals surface area contributed by atoms with Crippen molar-refractivity contribution in [2.24, 2.45) is 0 Å². The van der Waals surface area contributed by atoms with E-state index in [0.29, 0.717) is 0 Å². The van der Waals surface area contributed by atoms with E-state index < -0.39 is 0 Å². The minimum Gasteiger partial charge on any atom is -0.0616 e. The Balaban J connectivity index is 2.20. The van der Waals surface area contributed by atoms with E-state index in [1.165, 1.54) is 48.7 Å². The van der Waals surface area contributed by atoms with Crippen molar-refractivity contribution in [1.29, 1.82) is 0 Å². The molecule has 0 unspecified atom stereocenters. The van der Waals surface area contributed by atoms with Crippen LogP contribution in [0, 0.1) is 20.9 Å². The summed E-state index contributed by atoms with van der Waals surface area (Å²) in [6.45, 7) is 21.1. The topological polar surface area (TPSA) is 0 Å². The van der Waals surface area contributed by atoms with Crippen molar-refractivity contribution in [1.82, 2.24) is 0 Å². The predicted octanol–water partition coefficient (Wildman–Crippen LogP) is 8.13. The summed E-state index contributed by atoms with van der Waals surface area (Å²) in [5.41, 5.74) is 7.40. The summed E-state index contributed by atoms with van der Waals surface area (Å²) < 4.78 is 0. The zero-order valence-corrected chi connectivity index (χ0v) is 20.2. The smallest absolute Gasteiger partial charge is 0.00202 e. The Hall–Kier alpha value is -2.34. The Morgan fingerprint density at radius 1 is 0.500 bits per heavy atom. The Bertz CT molecular complexity index is 1280. The van der Waals surface area contributed by atoms with Gasteiger partial charge in [-0.1, -0.05) is 117 Å². The van der Waals surface area contributed by atoms with Gasteiger partial charge in [0.25, 0.3) is 0 Å². The highest BCUT2D eigenvalue weighted by Crippen LogP contribution is 2.44. The van der Waals surface area contributed by atoms with Gasteiger partial charge >= 0.3 is 0 Å². The van der Waals surface area contributed by atoms with Gasteiger partial charge in [0.05, 0.1) is 0 Å². The standard InChI is InChI=1S/C30H36/c1-28(2,3)19-17-24(29(4,5)6)27(25(18-19)30(7,8)9)23-16-12-15-22-20-13-10-11-14-21(20)26(22)23/h10-18H,1-9H3. The van der Waals surface area contributed by atoms with Crippen molar-refractivity contribution in [2.45, 2.75) is 78.6 Å². The Morgan fingerprint density at radius 3 is 1.50 bits per heavy atom. The molecule has 0 saturated heterocycles. The monoisotopic (exact) mass is 396 g/mol. The molecule has 0 radical (unpaired) electrons. The average Bonchev–Trinajstić information content (AvgIpc) is 2.62. The molecule has 0 fully saturated rings. The van der Waals surface area contributed by atoms with E-state index in [1.54, 1.807) is 0 Å². The van der Waals surface area contributed by atoms with Gasteiger partial charge in [-0.2, -0.15) is 0 Å². The molecule has 1 aliphatic carbocycles. The number of rotatable bonds is 1. The Labute approximate surface area is 182 Å². The van der Waals surface area contributed by atoms with Crippen LogP contribution in [0.2, 0.25) is 0 Å². The van der Waals surface area contributed by atoms with E-state index in [2.05, 4.69) is 117 Å². The molecule has 0 spiro atoms. The third-order valence-corrected chi connectivity index (χ3v) is 6.44. The first-order chi connectivity index (χ1) is 13.8. The number of hydrogen-bond donors (Lipinski definition) is 0. The van der Waals surface area contributed by atoms with E-state index in [1.807, 2.05) is 0 Å². The minimum atomic E-state index is 0.0581. The maximum Gasteiger partial charge on any atom is -0.00202 e. The lowest BCUT2D eigenvalue weighted by molar-refractivity contribution is 0.550. The fourth-order valence-electron chi connectivity index (χ4n) is 4.70. The lowest BCUT2D eigenvalue weighted by Crippen LogP contribution is -2.23. The number of fused-ring (bicyclic) bond motifs is 2. The van der Waals surface area contributed by atoms with Gasteiger partial charge in [-0.25, -0.2) is 0 Å². The van der Waals surface area contributed by atoms with Crippen molar-refractivity contribution in [3.05, 3.63) is 92.2 Å². The second-order valence-electron chi connectivity index (χ2n) is 12.0. The molecule has 0 bridgehead atoms. The summed E-state index contributed by atoms with van der Waals surface area (Å²) in [6, 6.07) is 20.6. The van der Waals surface area contributed by atoms with E-state index in [-0.39, 0.29) is 16.2 Å². The third-order valence-electron chi connectivity index (χ3n) is 6.44. The van der Waals surface area contributed by atoms with Crippen LogP contribution in [0.4, 0.5) is 0 Å². The van der Waals surface area contributed by atoms with Crippen LogP contribution in [0.25, 0.3) is 11.1 Å². The van der Waals surface area contributed by atoms with Gasteiger partial charge in [-0.05, 0) is 64.9 Å². The molecule has 0 nitrogen and oxygen atoms in total. The maximum atomic E-state index is 2.48. The number of hydrogen-bond acceptors (Lipinski definition) is 0. The van der Waals surface area contributed by atoms with Crippen LogP contribution in [-0.2, 0) is 16.2 Å². The van der Waals surface area contributed by atoms with Gasteiger partial charge in [0, 0.05) is 0 Å². The first-order valence-electron chi connectivity index (χ1n) is 11.2. The molecule has 3 aromatic rings. The van der Waals surface area contributed by atoms with Gasteiger partial charge in [-0.3, -0.25) is 0 Å². The van der Waals surface area contributed by atoms with Crippen molar-refractivity contribution in [3.63, 3.8) is 0 Å². The second kappa shape index (κ2) is 6.58. The van der Waals surface area contributed by atoms with E-state index >= 15 is 0 Å². The van der Waals surface area contributed by atoms with Crippen LogP contribution in [-0.4, -0.2) is 0 Å². The molecule has 0 heterocycles. The third kappa shape index (κ3) is 3.31. The van der Waals surface area contributed by atoms with E-state index in [9.17, 15) is 0 Å². The van der Waals surface area contributed by atoms with Crippen molar-refractivity contribution in [3.8, 4) is 11.1 Å². The van der Waals surface area contributed by atoms with Crippen LogP contribution >= 0.6 is 0 Å². The van der Waals surface area contributed by atoms with Gasteiger partial charge in [0.15, 0.2) is 0 Å². The van der Waals surface area contributed by atoms with Crippen LogP contribution in [0.1, 0.15) is 79.0 Å². The summed E-state index contributed by atoms with van der Waals surface area (Å²) in [7, 11) is 0.